The molecule has 24 heavy (non-hydrogen) atoms. The molecule has 0 fully saturated rings. The van der Waals surface area contributed by atoms with Gasteiger partial charge in [-0.15, -0.1) is 10.2 Å². The van der Waals surface area contributed by atoms with Gasteiger partial charge in [-0.1, -0.05) is 6.07 Å². The highest BCUT2D eigenvalue weighted by molar-refractivity contribution is 7.89. The molecule has 9 heteroatoms. The number of hydrogen-bond acceptors (Lipinski definition) is 6. The highest BCUT2D eigenvalue weighted by Crippen LogP contribution is 2.12. The number of aryl methyl sites for hydroxylation is 2. The van der Waals surface area contributed by atoms with Gasteiger partial charge in [0.1, 0.15) is 0 Å². The highest BCUT2D eigenvalue weighted by Gasteiger charge is 2.17. The molecule has 8 nitrogen and oxygen atoms in total. The van der Waals surface area contributed by atoms with E-state index in [1.807, 2.05) is 26.0 Å². The summed E-state index contributed by atoms with van der Waals surface area (Å²) in [6.45, 7) is 3.69. The molecule has 1 aromatic carbocycles. The molecule has 3 aromatic rings. The second-order valence-electron chi connectivity index (χ2n) is 5.25. The van der Waals surface area contributed by atoms with Crippen molar-refractivity contribution >= 4 is 15.8 Å². The number of fused-ring (bicyclic) bond motifs is 1. The summed E-state index contributed by atoms with van der Waals surface area (Å²) in [6, 6.07) is 9.60. The summed E-state index contributed by atoms with van der Waals surface area (Å²) in [5, 5.41) is 16.8. The Hall–Kier alpha value is -2.83. The minimum Gasteiger partial charge on any atom is -0.266 e. The molecule has 0 aliphatic heterocycles. The topological polar surface area (TPSA) is 113 Å². The fraction of sp³-hybridized carbons (Fsp3) is 0.200. The van der Waals surface area contributed by atoms with E-state index in [1.54, 1.807) is 10.5 Å². The molecule has 1 N–H and O–H groups in total. The maximum Gasteiger partial charge on any atom is 0.255 e. The van der Waals surface area contributed by atoms with Crippen LogP contribution in [-0.4, -0.2) is 28.0 Å². The third-order valence-corrected chi connectivity index (χ3v) is 4.85. The van der Waals surface area contributed by atoms with Crippen LogP contribution in [-0.2, 0) is 16.6 Å². The molecule has 0 spiro atoms. The number of nitriles is 1. The lowest BCUT2D eigenvalue weighted by atomic mass is 10.2. The molecule has 0 atom stereocenters. The minimum atomic E-state index is -3.76. The summed E-state index contributed by atoms with van der Waals surface area (Å²) in [5.74, 6) is 0.864. The minimum absolute atomic E-state index is 0.0288. The molecule has 2 aromatic heterocycles. The van der Waals surface area contributed by atoms with Crippen LogP contribution in [0.15, 0.2) is 35.2 Å². The van der Waals surface area contributed by atoms with E-state index in [9.17, 15) is 8.42 Å². The van der Waals surface area contributed by atoms with Gasteiger partial charge in [0.05, 0.1) is 23.1 Å². The zero-order valence-electron chi connectivity index (χ0n) is 13.1. The van der Waals surface area contributed by atoms with Crippen LogP contribution >= 0.6 is 0 Å². The van der Waals surface area contributed by atoms with Crippen LogP contribution in [0, 0.1) is 25.2 Å². The fourth-order valence-corrected chi connectivity index (χ4v) is 3.41. The first kappa shape index (κ1) is 16.0. The lowest BCUT2D eigenvalue weighted by molar-refractivity contribution is 0.578. The summed E-state index contributed by atoms with van der Waals surface area (Å²) in [5.41, 5.74) is 1.96. The Morgan fingerprint density at radius 1 is 1.25 bits per heavy atom. The van der Waals surface area contributed by atoms with Crippen molar-refractivity contribution in [3.8, 4) is 6.07 Å². The van der Waals surface area contributed by atoms with E-state index in [0.29, 0.717) is 11.6 Å². The Labute approximate surface area is 138 Å². The normalized spacial score (nSPS) is 11.5. The van der Waals surface area contributed by atoms with E-state index in [2.05, 4.69) is 19.9 Å². The van der Waals surface area contributed by atoms with Gasteiger partial charge >= 0.3 is 0 Å². The molecule has 0 aliphatic carbocycles. The number of benzene rings is 1. The molecule has 0 amide bonds. The third kappa shape index (κ3) is 2.97. The maximum atomic E-state index is 12.4. The van der Waals surface area contributed by atoms with Crippen LogP contribution in [0.25, 0.3) is 5.78 Å². The molecule has 3 rings (SSSR count). The zero-order valence-corrected chi connectivity index (χ0v) is 13.9. The van der Waals surface area contributed by atoms with E-state index in [0.717, 1.165) is 11.4 Å². The Morgan fingerprint density at radius 2 is 2.04 bits per heavy atom. The predicted octanol–water partition coefficient (Wildman–Crippen LogP) is 1.09. The lowest BCUT2D eigenvalue weighted by Crippen LogP contribution is -2.24. The van der Waals surface area contributed by atoms with Crippen LogP contribution in [0.3, 0.4) is 0 Å². The van der Waals surface area contributed by atoms with Gasteiger partial charge in [-0.25, -0.2) is 18.1 Å². The summed E-state index contributed by atoms with van der Waals surface area (Å²) in [7, 11) is -3.76. The second-order valence-corrected chi connectivity index (χ2v) is 7.02. The number of rotatable bonds is 4. The molecular weight excluding hydrogens is 328 g/mol. The van der Waals surface area contributed by atoms with Crippen LogP contribution in [0.1, 0.15) is 22.8 Å². The predicted molar refractivity (Wildman–Crippen MR) is 85.4 cm³/mol. The Morgan fingerprint density at radius 3 is 2.79 bits per heavy atom. The van der Waals surface area contributed by atoms with E-state index in [-0.39, 0.29) is 17.0 Å². The third-order valence-electron chi connectivity index (χ3n) is 3.45. The van der Waals surface area contributed by atoms with Crippen molar-refractivity contribution in [3.63, 3.8) is 0 Å². The monoisotopic (exact) mass is 342 g/mol. The molecule has 0 aliphatic rings. The van der Waals surface area contributed by atoms with Crippen molar-refractivity contribution in [2.24, 2.45) is 0 Å². The fourth-order valence-electron chi connectivity index (χ4n) is 2.39. The lowest BCUT2D eigenvalue weighted by Gasteiger charge is -2.07. The van der Waals surface area contributed by atoms with Gasteiger partial charge in [0.15, 0.2) is 5.82 Å². The molecular formula is C15H14N6O2S. The summed E-state index contributed by atoms with van der Waals surface area (Å²) >= 11 is 0. The van der Waals surface area contributed by atoms with Crippen molar-refractivity contribution < 1.29 is 8.42 Å². The molecule has 0 saturated heterocycles. The summed E-state index contributed by atoms with van der Waals surface area (Å²) in [4.78, 5) is 4.29. The van der Waals surface area contributed by atoms with Gasteiger partial charge in [0.25, 0.3) is 5.78 Å². The average Bonchev–Trinajstić information content (AvgIpc) is 2.96. The van der Waals surface area contributed by atoms with Gasteiger partial charge in [-0.05, 0) is 38.1 Å². The first-order chi connectivity index (χ1) is 11.4. The van der Waals surface area contributed by atoms with Gasteiger partial charge in [-0.2, -0.15) is 5.26 Å². The average molecular weight is 342 g/mol. The van der Waals surface area contributed by atoms with Crippen molar-refractivity contribution in [2.75, 3.05) is 0 Å². The van der Waals surface area contributed by atoms with Crippen molar-refractivity contribution in [1.29, 1.82) is 5.26 Å². The highest BCUT2D eigenvalue weighted by atomic mass is 32.2. The second kappa shape index (κ2) is 5.99. The van der Waals surface area contributed by atoms with E-state index in [1.165, 1.54) is 18.2 Å². The molecule has 122 valence electrons. The van der Waals surface area contributed by atoms with Gasteiger partial charge in [-0.3, -0.25) is 4.40 Å². The number of hydrogen-bond donors (Lipinski definition) is 1. The zero-order chi connectivity index (χ0) is 17.3. The van der Waals surface area contributed by atoms with E-state index < -0.39 is 10.0 Å². The van der Waals surface area contributed by atoms with Crippen molar-refractivity contribution in [2.45, 2.75) is 25.3 Å². The van der Waals surface area contributed by atoms with Crippen LogP contribution in [0.4, 0.5) is 0 Å². The Balaban J connectivity index is 1.89. The Kier molecular flexibility index (Phi) is 4.01. The number of sulfonamides is 1. The smallest absolute Gasteiger partial charge is 0.255 e. The van der Waals surface area contributed by atoms with E-state index in [4.69, 9.17) is 5.26 Å². The number of nitrogens with zero attached hydrogens (tertiary/aromatic N) is 5. The van der Waals surface area contributed by atoms with Crippen LogP contribution < -0.4 is 4.72 Å². The molecule has 0 radical (unpaired) electrons. The van der Waals surface area contributed by atoms with Crippen molar-refractivity contribution in [3.05, 3.63) is 53.1 Å². The van der Waals surface area contributed by atoms with Crippen LogP contribution in [0.5, 0.6) is 0 Å². The van der Waals surface area contributed by atoms with E-state index >= 15 is 0 Å². The number of aromatic nitrogens is 4. The first-order valence-corrected chi connectivity index (χ1v) is 8.57. The standard InChI is InChI=1S/C15H14N6O2S/c1-10-6-11(2)21-14(19-20-15(21)18-10)9-17-24(22,23)13-5-3-4-12(7-13)8-16/h3-7,17H,9H2,1-2H3. The quantitative estimate of drug-likeness (QED) is 0.759. The van der Waals surface area contributed by atoms with Crippen molar-refractivity contribution in [1.82, 2.24) is 24.3 Å². The van der Waals surface area contributed by atoms with Gasteiger partial charge in [0.2, 0.25) is 10.0 Å². The SMILES string of the molecule is Cc1cc(C)n2c(CNS(=O)(=O)c3cccc(C#N)c3)nnc2n1. The maximum absolute atomic E-state index is 12.4. The Bertz CT molecular complexity index is 1070. The molecule has 2 heterocycles. The first-order valence-electron chi connectivity index (χ1n) is 7.09. The largest absolute Gasteiger partial charge is 0.266 e. The molecule has 0 unspecified atom stereocenters. The molecule has 0 saturated carbocycles. The summed E-state index contributed by atoms with van der Waals surface area (Å²) < 4.78 is 28.9. The van der Waals surface area contributed by atoms with Crippen LogP contribution in [0.2, 0.25) is 0 Å². The number of nitrogens with one attached hydrogen (secondary N) is 1. The molecule has 0 bridgehead atoms. The van der Waals surface area contributed by atoms with Gasteiger partial charge in [0, 0.05) is 11.4 Å². The summed E-state index contributed by atoms with van der Waals surface area (Å²) in [6.07, 6.45) is 0. The van der Waals surface area contributed by atoms with Gasteiger partial charge < -0.3 is 0 Å².